The maximum absolute atomic E-state index is 13.1. The van der Waals surface area contributed by atoms with Gasteiger partial charge in [0.2, 0.25) is 0 Å². The van der Waals surface area contributed by atoms with Crippen molar-refractivity contribution in [2.24, 2.45) is 0 Å². The number of nitriles is 1. The number of nitrogens with zero attached hydrogens (tertiary/aromatic N) is 1. The molecule has 1 aliphatic rings. The van der Waals surface area contributed by atoms with Crippen molar-refractivity contribution >= 4 is 17.6 Å². The largest absolute Gasteiger partial charge is 0.444 e. The first-order valence-corrected chi connectivity index (χ1v) is 10.6. The van der Waals surface area contributed by atoms with Crippen LogP contribution in [-0.4, -0.2) is 17.5 Å². The Bertz CT molecular complexity index is 1160. The van der Waals surface area contributed by atoms with E-state index in [9.17, 15) is 22.8 Å². The van der Waals surface area contributed by atoms with Crippen LogP contribution in [0.25, 0.3) is 0 Å². The molecule has 9 heteroatoms. The molecule has 0 aromatic heterocycles. The number of hydrogen-bond acceptors (Lipinski definition) is 5. The molecule has 6 nitrogen and oxygen atoms in total. The Hall–Kier alpha value is -3.80. The predicted octanol–water partition coefficient (Wildman–Crippen LogP) is 5.87. The Morgan fingerprint density at radius 3 is 2.35 bits per heavy atom. The molecule has 0 saturated heterocycles. The van der Waals surface area contributed by atoms with E-state index >= 15 is 0 Å². The minimum Gasteiger partial charge on any atom is -0.444 e. The number of alkyl carbamates (subject to hydrolysis) is 1. The monoisotopic (exact) mass is 471 g/mol. The smallest absolute Gasteiger partial charge is 0.416 e. The Morgan fingerprint density at radius 2 is 1.76 bits per heavy atom. The van der Waals surface area contributed by atoms with Gasteiger partial charge in [-0.05, 0) is 63.1 Å². The third-order valence-corrected chi connectivity index (χ3v) is 5.04. The Labute approximate surface area is 195 Å². The molecule has 2 aromatic carbocycles. The summed E-state index contributed by atoms with van der Waals surface area (Å²) < 4.78 is 44.8. The molecular formula is C25H24F3N3O3. The molecule has 0 saturated carbocycles. The van der Waals surface area contributed by atoms with Gasteiger partial charge in [-0.25, -0.2) is 4.79 Å². The van der Waals surface area contributed by atoms with E-state index in [0.29, 0.717) is 16.8 Å². The van der Waals surface area contributed by atoms with Gasteiger partial charge in [0.25, 0.3) is 0 Å². The van der Waals surface area contributed by atoms with Gasteiger partial charge in [0, 0.05) is 23.4 Å². The first-order valence-electron chi connectivity index (χ1n) is 10.6. The molecule has 3 rings (SSSR count). The zero-order valence-corrected chi connectivity index (χ0v) is 18.9. The van der Waals surface area contributed by atoms with Gasteiger partial charge in [0.05, 0.1) is 23.2 Å². The molecule has 0 fully saturated rings. The average Bonchev–Trinajstić information content (AvgIpc) is 3.10. The van der Waals surface area contributed by atoms with Gasteiger partial charge in [-0.2, -0.15) is 18.4 Å². The SMILES string of the molecule is CC(C)(C)OC(=O)N[C@@H](C1=C(Nc2cccc(C(F)(F)F)c2)CCC1=O)c1ccc(C#N)cc1. The molecule has 2 N–H and O–H groups in total. The van der Waals surface area contributed by atoms with E-state index in [1.165, 1.54) is 12.1 Å². The lowest BCUT2D eigenvalue weighted by molar-refractivity contribution is -0.137. The molecule has 178 valence electrons. The third kappa shape index (κ3) is 6.16. The van der Waals surface area contributed by atoms with E-state index in [4.69, 9.17) is 10.00 Å². The van der Waals surface area contributed by atoms with Crippen molar-refractivity contribution in [2.75, 3.05) is 5.32 Å². The Kier molecular flexibility index (Phi) is 7.01. The second-order valence-corrected chi connectivity index (χ2v) is 8.83. The lowest BCUT2D eigenvalue weighted by Crippen LogP contribution is -2.36. The fourth-order valence-corrected chi connectivity index (χ4v) is 3.59. The van der Waals surface area contributed by atoms with Crippen LogP contribution in [0.5, 0.6) is 0 Å². The first kappa shape index (κ1) is 24.8. The molecule has 0 bridgehead atoms. The van der Waals surface area contributed by atoms with Crippen molar-refractivity contribution in [2.45, 2.75) is 51.4 Å². The number of Topliss-reactive ketones (excluding diaryl/α,β-unsaturated/α-hetero) is 1. The van der Waals surface area contributed by atoms with Crippen LogP contribution in [-0.2, 0) is 15.7 Å². The highest BCUT2D eigenvalue weighted by molar-refractivity contribution is 6.01. The molecule has 1 aliphatic carbocycles. The Morgan fingerprint density at radius 1 is 1.09 bits per heavy atom. The van der Waals surface area contributed by atoms with Crippen molar-refractivity contribution < 1.29 is 27.5 Å². The number of ketones is 1. The quantitative estimate of drug-likeness (QED) is 0.569. The number of amides is 1. The summed E-state index contributed by atoms with van der Waals surface area (Å²) in [5, 5.41) is 14.7. The molecule has 0 radical (unpaired) electrons. The number of carbonyl (C=O) groups is 2. The van der Waals surface area contributed by atoms with Gasteiger partial charge >= 0.3 is 12.3 Å². The predicted molar refractivity (Wildman–Crippen MR) is 120 cm³/mol. The molecule has 0 spiro atoms. The van der Waals surface area contributed by atoms with Crippen molar-refractivity contribution in [3.8, 4) is 6.07 Å². The van der Waals surface area contributed by atoms with Crippen molar-refractivity contribution in [3.05, 3.63) is 76.5 Å². The van der Waals surface area contributed by atoms with E-state index in [1.54, 1.807) is 45.0 Å². The highest BCUT2D eigenvalue weighted by atomic mass is 19.4. The van der Waals surface area contributed by atoms with Gasteiger partial charge in [-0.1, -0.05) is 18.2 Å². The molecule has 34 heavy (non-hydrogen) atoms. The summed E-state index contributed by atoms with van der Waals surface area (Å²) in [7, 11) is 0. The number of carbonyl (C=O) groups excluding carboxylic acids is 2. The van der Waals surface area contributed by atoms with Gasteiger partial charge in [0.15, 0.2) is 5.78 Å². The van der Waals surface area contributed by atoms with Crippen molar-refractivity contribution in [1.82, 2.24) is 5.32 Å². The van der Waals surface area contributed by atoms with Gasteiger partial charge in [-0.3, -0.25) is 4.79 Å². The topological polar surface area (TPSA) is 91.2 Å². The second-order valence-electron chi connectivity index (χ2n) is 8.83. The van der Waals surface area contributed by atoms with Crippen molar-refractivity contribution in [1.29, 1.82) is 5.26 Å². The highest BCUT2D eigenvalue weighted by Gasteiger charge is 2.34. The fourth-order valence-electron chi connectivity index (χ4n) is 3.59. The maximum Gasteiger partial charge on any atom is 0.416 e. The molecule has 0 heterocycles. The summed E-state index contributed by atoms with van der Waals surface area (Å²) in [5.74, 6) is -0.250. The number of rotatable bonds is 5. The zero-order chi connectivity index (χ0) is 25.1. The summed E-state index contributed by atoms with van der Waals surface area (Å²) in [4.78, 5) is 25.5. The average molecular weight is 471 g/mol. The number of anilines is 1. The number of alkyl halides is 3. The molecule has 0 unspecified atom stereocenters. The van der Waals surface area contributed by atoms with Crippen LogP contribution in [0.2, 0.25) is 0 Å². The Balaban J connectivity index is 2.02. The highest BCUT2D eigenvalue weighted by Crippen LogP contribution is 2.36. The molecule has 1 amide bonds. The van der Waals surface area contributed by atoms with E-state index in [-0.39, 0.29) is 29.9 Å². The van der Waals surface area contributed by atoms with Crippen LogP contribution in [0.4, 0.5) is 23.7 Å². The molecule has 2 aromatic rings. The number of ether oxygens (including phenoxy) is 1. The number of nitrogens with one attached hydrogen (secondary N) is 2. The van der Waals surface area contributed by atoms with Crippen molar-refractivity contribution in [3.63, 3.8) is 0 Å². The number of benzene rings is 2. The lowest BCUT2D eigenvalue weighted by Gasteiger charge is -2.25. The maximum atomic E-state index is 13.1. The van der Waals surface area contributed by atoms with Crippen LogP contribution in [0, 0.1) is 11.3 Å². The molecule has 0 aliphatic heterocycles. The number of hydrogen-bond donors (Lipinski definition) is 2. The van der Waals surface area contributed by atoms with Gasteiger partial charge in [0.1, 0.15) is 5.60 Å². The van der Waals surface area contributed by atoms with E-state index in [1.807, 2.05) is 6.07 Å². The molecule has 1 atom stereocenters. The van der Waals surface area contributed by atoms with Gasteiger partial charge in [-0.15, -0.1) is 0 Å². The molecular weight excluding hydrogens is 447 g/mol. The van der Waals surface area contributed by atoms with Crippen LogP contribution in [0.3, 0.4) is 0 Å². The summed E-state index contributed by atoms with van der Waals surface area (Å²) >= 11 is 0. The normalized spacial score (nSPS) is 15.0. The van der Waals surface area contributed by atoms with Crippen LogP contribution in [0.15, 0.2) is 59.8 Å². The zero-order valence-electron chi connectivity index (χ0n) is 18.9. The summed E-state index contributed by atoms with van der Waals surface area (Å²) in [6, 6.07) is 12.1. The van der Waals surface area contributed by atoms with Crippen LogP contribution < -0.4 is 10.6 Å². The minimum atomic E-state index is -4.51. The summed E-state index contributed by atoms with van der Waals surface area (Å²) in [5.41, 5.74) is 0.134. The van der Waals surface area contributed by atoms with E-state index in [2.05, 4.69) is 10.6 Å². The van der Waals surface area contributed by atoms with Crippen LogP contribution in [0.1, 0.15) is 56.3 Å². The second kappa shape index (κ2) is 9.59. The summed E-state index contributed by atoms with van der Waals surface area (Å²) in [6.07, 6.45) is -4.86. The van der Waals surface area contributed by atoms with E-state index in [0.717, 1.165) is 12.1 Å². The lowest BCUT2D eigenvalue weighted by atomic mass is 9.95. The van der Waals surface area contributed by atoms with E-state index < -0.39 is 29.5 Å². The minimum absolute atomic E-state index is 0.138. The van der Waals surface area contributed by atoms with Crippen LogP contribution >= 0.6 is 0 Å². The number of allylic oxidation sites excluding steroid dienone is 1. The third-order valence-electron chi connectivity index (χ3n) is 5.04. The first-order chi connectivity index (χ1) is 15.9. The fraction of sp³-hybridized carbons (Fsp3) is 0.320. The number of halogens is 3. The van der Waals surface area contributed by atoms with Gasteiger partial charge < -0.3 is 15.4 Å². The standard InChI is InChI=1S/C25H24F3N3O3/c1-24(2,3)34-23(33)31-22(16-9-7-15(14-29)8-10-16)21-19(11-12-20(21)32)30-18-6-4-5-17(13-18)25(26,27)28/h4-10,13,22,30H,11-12H2,1-3H3,(H,31,33)/t22-/m1/s1. The summed E-state index contributed by atoms with van der Waals surface area (Å²) in [6.45, 7) is 5.09.